The topological polar surface area (TPSA) is 17.8 Å². The summed E-state index contributed by atoms with van der Waals surface area (Å²) in [6, 6.07) is 7.87. The number of para-hydroxylation sites is 2. The van der Waals surface area contributed by atoms with Gasteiger partial charge in [0.2, 0.25) is 0 Å². The Bertz CT molecular complexity index is 358. The molecule has 0 fully saturated rings. The van der Waals surface area contributed by atoms with Crippen LogP contribution in [0.4, 0.5) is 0 Å². The van der Waals surface area contributed by atoms with E-state index in [1.54, 1.807) is 10.3 Å². The van der Waals surface area contributed by atoms with Crippen LogP contribution in [-0.4, -0.2) is 8.96 Å². The molecule has 0 aliphatic heterocycles. The second kappa shape index (κ2) is 3.37. The van der Waals surface area contributed by atoms with Crippen molar-refractivity contribution >= 4 is 23.8 Å². The number of thiol groups is 1. The van der Waals surface area contributed by atoms with Gasteiger partial charge in [-0.15, -0.1) is 0 Å². The predicted molar refractivity (Wildman–Crippen MR) is 44.1 cm³/mol. The third-order valence-electron chi connectivity index (χ3n) is 1.43. The third-order valence-corrected chi connectivity index (χ3v) is 1.75. The van der Waals surface area contributed by atoms with E-state index in [-0.39, 0.29) is 19.5 Å². The summed E-state index contributed by atoms with van der Waals surface area (Å²) in [5.74, 6) is 0. The molecule has 0 amide bonds. The molecule has 2 rings (SSSR count). The standard InChI is InChI=1S/C7H6N2S.Zn/c10-9-5-8-6-3-1-2-4-7(6)9;/h1-5,10H;. The quantitative estimate of drug-likeness (QED) is 0.524. The van der Waals surface area contributed by atoms with Crippen LogP contribution in [0.3, 0.4) is 0 Å². The van der Waals surface area contributed by atoms with Crippen molar-refractivity contribution < 1.29 is 19.5 Å². The molecular weight excluding hydrogens is 210 g/mol. The van der Waals surface area contributed by atoms with Gasteiger partial charge in [0.1, 0.15) is 6.33 Å². The van der Waals surface area contributed by atoms with Gasteiger partial charge in [-0.05, 0) is 12.1 Å². The minimum atomic E-state index is 0. The van der Waals surface area contributed by atoms with E-state index in [1.165, 1.54) is 0 Å². The van der Waals surface area contributed by atoms with E-state index < -0.39 is 0 Å². The zero-order valence-electron chi connectivity index (χ0n) is 5.94. The van der Waals surface area contributed by atoms with Crippen LogP contribution < -0.4 is 0 Å². The smallest absolute Gasteiger partial charge is 0.106 e. The fourth-order valence-electron chi connectivity index (χ4n) is 0.946. The monoisotopic (exact) mass is 214 g/mol. The number of hydrogen-bond acceptors (Lipinski definition) is 2. The average molecular weight is 216 g/mol. The van der Waals surface area contributed by atoms with Gasteiger partial charge in [0, 0.05) is 19.5 Å². The van der Waals surface area contributed by atoms with Crippen LogP contribution in [0.15, 0.2) is 30.6 Å². The molecular formula is C7H6N2SZn. The zero-order chi connectivity index (χ0) is 6.97. The van der Waals surface area contributed by atoms with Crippen molar-refractivity contribution in [2.24, 2.45) is 0 Å². The van der Waals surface area contributed by atoms with Crippen LogP contribution in [0.25, 0.3) is 11.0 Å². The maximum atomic E-state index is 4.16. The third kappa shape index (κ3) is 1.47. The van der Waals surface area contributed by atoms with E-state index >= 15 is 0 Å². The minimum absolute atomic E-state index is 0. The Morgan fingerprint density at radius 1 is 1.27 bits per heavy atom. The van der Waals surface area contributed by atoms with Crippen LogP contribution in [0, 0.1) is 0 Å². The van der Waals surface area contributed by atoms with Gasteiger partial charge in [0.05, 0.1) is 11.0 Å². The summed E-state index contributed by atoms with van der Waals surface area (Å²) >= 11 is 4.16. The Hall–Kier alpha value is -0.337. The minimum Gasteiger partial charge on any atom is -0.275 e. The molecule has 0 saturated carbocycles. The molecule has 2 aromatic rings. The second-order valence-electron chi connectivity index (χ2n) is 2.08. The van der Waals surface area contributed by atoms with Crippen molar-refractivity contribution in [3.05, 3.63) is 30.6 Å². The van der Waals surface area contributed by atoms with Gasteiger partial charge in [0.25, 0.3) is 0 Å². The molecule has 11 heavy (non-hydrogen) atoms. The van der Waals surface area contributed by atoms with Crippen molar-refractivity contribution in [3.63, 3.8) is 0 Å². The molecule has 0 spiro atoms. The second-order valence-corrected chi connectivity index (χ2v) is 2.51. The van der Waals surface area contributed by atoms with Crippen LogP contribution in [0.5, 0.6) is 0 Å². The average Bonchev–Trinajstić information content (AvgIpc) is 2.34. The largest absolute Gasteiger partial charge is 0.275 e. The molecule has 1 aromatic heterocycles. The summed E-state index contributed by atoms with van der Waals surface area (Å²) < 4.78 is 1.70. The van der Waals surface area contributed by atoms with Gasteiger partial charge in [-0.2, -0.15) is 0 Å². The molecule has 0 N–H and O–H groups in total. The zero-order valence-corrected chi connectivity index (χ0v) is 9.80. The first-order valence-corrected chi connectivity index (χ1v) is 3.39. The molecule has 0 radical (unpaired) electrons. The van der Waals surface area contributed by atoms with Gasteiger partial charge >= 0.3 is 0 Å². The molecule has 1 aromatic carbocycles. The van der Waals surface area contributed by atoms with Crippen LogP contribution in [-0.2, 0) is 19.5 Å². The fraction of sp³-hybridized carbons (Fsp3) is 0. The molecule has 52 valence electrons. The molecule has 0 atom stereocenters. The summed E-state index contributed by atoms with van der Waals surface area (Å²) in [6.07, 6.45) is 1.69. The number of aromatic nitrogens is 2. The van der Waals surface area contributed by atoms with Gasteiger partial charge in [0.15, 0.2) is 0 Å². The van der Waals surface area contributed by atoms with Crippen LogP contribution >= 0.6 is 12.8 Å². The fourth-order valence-corrected chi connectivity index (χ4v) is 1.17. The van der Waals surface area contributed by atoms with E-state index in [0.29, 0.717) is 0 Å². The Labute approximate surface area is 82.9 Å². The molecule has 0 unspecified atom stereocenters. The molecule has 4 heteroatoms. The first-order chi connectivity index (χ1) is 4.88. The summed E-state index contributed by atoms with van der Waals surface area (Å²) in [6.45, 7) is 0. The van der Waals surface area contributed by atoms with E-state index in [2.05, 4.69) is 17.8 Å². The Morgan fingerprint density at radius 2 is 2.00 bits per heavy atom. The van der Waals surface area contributed by atoms with E-state index in [0.717, 1.165) is 11.0 Å². The Kier molecular flexibility index (Phi) is 2.69. The normalized spacial score (nSPS) is 9.55. The van der Waals surface area contributed by atoms with Crippen LogP contribution in [0.1, 0.15) is 0 Å². The van der Waals surface area contributed by atoms with Gasteiger partial charge in [-0.1, -0.05) is 24.9 Å². The maximum Gasteiger partial charge on any atom is 0.106 e. The maximum absolute atomic E-state index is 4.16. The summed E-state index contributed by atoms with van der Waals surface area (Å²) in [5.41, 5.74) is 2.03. The van der Waals surface area contributed by atoms with E-state index in [9.17, 15) is 0 Å². The van der Waals surface area contributed by atoms with Crippen LogP contribution in [0.2, 0.25) is 0 Å². The van der Waals surface area contributed by atoms with E-state index in [1.807, 2.05) is 24.3 Å². The number of benzene rings is 1. The summed E-state index contributed by atoms with van der Waals surface area (Å²) in [4.78, 5) is 4.10. The van der Waals surface area contributed by atoms with Crippen molar-refractivity contribution in [1.82, 2.24) is 8.96 Å². The van der Waals surface area contributed by atoms with Gasteiger partial charge in [-0.3, -0.25) is 3.97 Å². The molecule has 0 aliphatic carbocycles. The SMILES string of the molecule is Sn1cnc2ccccc21.[Zn]. The molecule has 1 heterocycles. The van der Waals surface area contributed by atoms with Crippen molar-refractivity contribution in [3.8, 4) is 0 Å². The first-order valence-electron chi connectivity index (χ1n) is 2.99. The number of nitrogens with zero attached hydrogens (tertiary/aromatic N) is 2. The predicted octanol–water partition coefficient (Wildman–Crippen LogP) is 1.73. The van der Waals surface area contributed by atoms with Gasteiger partial charge in [-0.25, -0.2) is 4.98 Å². The number of imidazole rings is 1. The molecule has 0 saturated heterocycles. The van der Waals surface area contributed by atoms with Crippen molar-refractivity contribution in [2.75, 3.05) is 0 Å². The first kappa shape index (κ1) is 8.76. The molecule has 0 aliphatic rings. The Balaban J connectivity index is 0.000000605. The Morgan fingerprint density at radius 3 is 2.73 bits per heavy atom. The number of fused-ring (bicyclic) bond motifs is 1. The van der Waals surface area contributed by atoms with Crippen molar-refractivity contribution in [1.29, 1.82) is 0 Å². The number of rotatable bonds is 0. The van der Waals surface area contributed by atoms with Crippen molar-refractivity contribution in [2.45, 2.75) is 0 Å². The van der Waals surface area contributed by atoms with E-state index in [4.69, 9.17) is 0 Å². The summed E-state index contributed by atoms with van der Waals surface area (Å²) in [5, 5.41) is 0. The molecule has 2 nitrogen and oxygen atoms in total. The molecule has 0 bridgehead atoms. The van der Waals surface area contributed by atoms with Gasteiger partial charge < -0.3 is 0 Å². The summed E-state index contributed by atoms with van der Waals surface area (Å²) in [7, 11) is 0. The number of hydrogen-bond donors (Lipinski definition) is 1.